The third kappa shape index (κ3) is 5.82. The molecule has 11 heteroatoms. The van der Waals surface area contributed by atoms with Gasteiger partial charge in [0.2, 0.25) is 0 Å². The Bertz CT molecular complexity index is 1700. The van der Waals surface area contributed by atoms with Gasteiger partial charge in [0.05, 0.1) is 58.6 Å². The van der Waals surface area contributed by atoms with Gasteiger partial charge in [0.15, 0.2) is 5.82 Å². The average Bonchev–Trinajstić information content (AvgIpc) is 3.57. The molecule has 40 heavy (non-hydrogen) atoms. The number of amides is 1. The maximum Gasteiger partial charge on any atom is 0.255 e. The zero-order valence-electron chi connectivity index (χ0n) is 21.9. The van der Waals surface area contributed by atoms with E-state index in [9.17, 15) is 19.6 Å². The number of aliphatic hydroxyl groups is 1. The Hall–Kier alpha value is -5.08. The Morgan fingerprint density at radius 3 is 2.70 bits per heavy atom. The van der Waals surface area contributed by atoms with E-state index < -0.39 is 17.7 Å². The summed E-state index contributed by atoms with van der Waals surface area (Å²) in [7, 11) is 0. The minimum atomic E-state index is -1.66. The van der Waals surface area contributed by atoms with Gasteiger partial charge in [-0.2, -0.15) is 15.5 Å². The Morgan fingerprint density at radius 1 is 1.15 bits per heavy atom. The quantitative estimate of drug-likeness (QED) is 0.257. The molecule has 10 nitrogen and oxygen atoms in total. The summed E-state index contributed by atoms with van der Waals surface area (Å²) in [6, 6.07) is 20.8. The van der Waals surface area contributed by atoms with Crippen LogP contribution in [0, 0.1) is 11.3 Å². The Balaban J connectivity index is 1.46. The van der Waals surface area contributed by atoms with Crippen LogP contribution in [-0.4, -0.2) is 53.7 Å². The molecule has 0 radical (unpaired) electrons. The molecule has 3 N–H and O–H groups in total. The Kier molecular flexibility index (Phi) is 7.27. The van der Waals surface area contributed by atoms with Gasteiger partial charge in [-0.1, -0.05) is 30.3 Å². The van der Waals surface area contributed by atoms with E-state index in [0.29, 0.717) is 40.5 Å². The van der Waals surface area contributed by atoms with Gasteiger partial charge in [-0.15, -0.1) is 0 Å². The van der Waals surface area contributed by atoms with Crippen molar-refractivity contribution in [1.82, 2.24) is 29.7 Å². The SMILES string of the molecule is CC(C)(O)C(F)CNC(=O)c1cnc(-c2ccc3cc(C#N)cnn23)cc1Nc1ccn(Cc2ccccc2)n1. The number of aromatic nitrogens is 5. The fourth-order valence-electron chi connectivity index (χ4n) is 4.09. The first-order chi connectivity index (χ1) is 19.2. The zero-order chi connectivity index (χ0) is 28.3. The lowest BCUT2D eigenvalue weighted by Crippen LogP contribution is -2.42. The lowest BCUT2D eigenvalue weighted by Gasteiger charge is -2.22. The number of fused-ring (bicyclic) bond motifs is 1. The van der Waals surface area contributed by atoms with Crippen LogP contribution in [0.15, 0.2) is 79.3 Å². The summed E-state index contributed by atoms with van der Waals surface area (Å²) >= 11 is 0. The third-order valence-electron chi connectivity index (χ3n) is 6.34. The van der Waals surface area contributed by atoms with Crippen molar-refractivity contribution in [2.75, 3.05) is 11.9 Å². The number of rotatable bonds is 9. The molecule has 4 heterocycles. The number of anilines is 2. The lowest BCUT2D eigenvalue weighted by atomic mass is 10.0. The van der Waals surface area contributed by atoms with E-state index in [1.807, 2.05) is 48.7 Å². The second kappa shape index (κ2) is 11.0. The van der Waals surface area contributed by atoms with Crippen LogP contribution in [0.3, 0.4) is 0 Å². The van der Waals surface area contributed by atoms with Gasteiger partial charge in [-0.3, -0.25) is 14.5 Å². The number of carbonyl (C=O) groups excluding carboxylic acids is 1. The van der Waals surface area contributed by atoms with Crippen LogP contribution in [-0.2, 0) is 6.54 Å². The molecule has 0 spiro atoms. The molecule has 0 bridgehead atoms. The number of benzene rings is 1. The molecular weight excluding hydrogens is 511 g/mol. The van der Waals surface area contributed by atoms with Gasteiger partial charge >= 0.3 is 0 Å². The highest BCUT2D eigenvalue weighted by Gasteiger charge is 2.27. The second-order valence-electron chi connectivity index (χ2n) is 9.87. The number of hydrogen-bond acceptors (Lipinski definition) is 7. The normalized spacial score (nSPS) is 12.2. The standard InChI is InChI=1S/C29H27FN8O2/c1-29(2,40)26(30)17-33-28(39)22-16-32-24(25-9-8-21-12-20(14-31)15-34-38(21)25)13-23(22)35-27-10-11-37(36-27)18-19-6-4-3-5-7-19/h3-13,15-16,26,40H,17-18H2,1-2H3,(H,33,39)(H,32,35,36). The maximum atomic E-state index is 14.3. The molecule has 1 unspecified atom stereocenters. The fraction of sp³-hybridized carbons (Fsp3) is 0.207. The van der Waals surface area contributed by atoms with Crippen molar-refractivity contribution < 1.29 is 14.3 Å². The topological polar surface area (TPSA) is 133 Å². The number of alkyl halides is 1. The summed E-state index contributed by atoms with van der Waals surface area (Å²) in [5.74, 6) is -0.0623. The maximum absolute atomic E-state index is 14.3. The van der Waals surface area contributed by atoms with Crippen molar-refractivity contribution >= 4 is 22.9 Å². The van der Waals surface area contributed by atoms with Crippen molar-refractivity contribution in [1.29, 1.82) is 5.26 Å². The minimum absolute atomic E-state index is 0.171. The summed E-state index contributed by atoms with van der Waals surface area (Å²) in [4.78, 5) is 17.6. The fourth-order valence-corrected chi connectivity index (χ4v) is 4.09. The second-order valence-corrected chi connectivity index (χ2v) is 9.87. The molecule has 1 aromatic carbocycles. The first kappa shape index (κ1) is 26.5. The average molecular weight is 539 g/mol. The molecule has 1 amide bonds. The highest BCUT2D eigenvalue weighted by molar-refractivity contribution is 6.00. The predicted octanol–water partition coefficient (Wildman–Crippen LogP) is 4.10. The number of nitrogens with one attached hydrogen (secondary N) is 2. The molecular formula is C29H27FN8O2. The predicted molar refractivity (Wildman–Crippen MR) is 148 cm³/mol. The van der Waals surface area contributed by atoms with E-state index >= 15 is 0 Å². The Labute approximate surface area is 229 Å². The monoisotopic (exact) mass is 538 g/mol. The molecule has 0 aliphatic carbocycles. The highest BCUT2D eigenvalue weighted by atomic mass is 19.1. The van der Waals surface area contributed by atoms with Gasteiger partial charge in [0.1, 0.15) is 12.2 Å². The van der Waals surface area contributed by atoms with Crippen LogP contribution < -0.4 is 10.6 Å². The number of nitrogens with zero attached hydrogens (tertiary/aromatic N) is 6. The summed E-state index contributed by atoms with van der Waals surface area (Å²) in [6.45, 7) is 2.88. The highest BCUT2D eigenvalue weighted by Crippen LogP contribution is 2.27. The van der Waals surface area contributed by atoms with E-state index in [-0.39, 0.29) is 12.1 Å². The molecule has 0 saturated heterocycles. The molecule has 1 atom stereocenters. The van der Waals surface area contributed by atoms with Crippen LogP contribution in [0.4, 0.5) is 15.9 Å². The van der Waals surface area contributed by atoms with Crippen LogP contribution in [0.5, 0.6) is 0 Å². The van der Waals surface area contributed by atoms with Gasteiger partial charge in [-0.25, -0.2) is 8.91 Å². The largest absolute Gasteiger partial charge is 0.387 e. The summed E-state index contributed by atoms with van der Waals surface area (Å²) < 4.78 is 17.8. The van der Waals surface area contributed by atoms with E-state index in [0.717, 1.165) is 5.56 Å². The van der Waals surface area contributed by atoms with Crippen LogP contribution in [0.25, 0.3) is 16.9 Å². The van der Waals surface area contributed by atoms with Crippen molar-refractivity contribution in [3.63, 3.8) is 0 Å². The van der Waals surface area contributed by atoms with Gasteiger partial charge < -0.3 is 15.7 Å². The molecule has 0 saturated carbocycles. The van der Waals surface area contributed by atoms with E-state index in [2.05, 4.69) is 31.9 Å². The van der Waals surface area contributed by atoms with Gasteiger partial charge in [-0.05, 0) is 43.7 Å². The van der Waals surface area contributed by atoms with E-state index in [1.165, 1.54) is 26.2 Å². The van der Waals surface area contributed by atoms with Crippen LogP contribution >= 0.6 is 0 Å². The molecule has 202 valence electrons. The summed E-state index contributed by atoms with van der Waals surface area (Å²) in [6.07, 6.45) is 3.03. The first-order valence-corrected chi connectivity index (χ1v) is 12.6. The number of halogens is 1. The smallest absolute Gasteiger partial charge is 0.255 e. The first-order valence-electron chi connectivity index (χ1n) is 12.6. The van der Waals surface area contributed by atoms with Gasteiger partial charge in [0.25, 0.3) is 5.91 Å². The minimum Gasteiger partial charge on any atom is -0.387 e. The third-order valence-corrected chi connectivity index (χ3v) is 6.34. The number of pyridine rings is 1. The molecule has 5 rings (SSSR count). The van der Waals surface area contributed by atoms with Crippen molar-refractivity contribution in [2.24, 2.45) is 0 Å². The molecule has 0 aliphatic rings. The number of nitriles is 1. The van der Waals surface area contributed by atoms with Gasteiger partial charge in [0, 0.05) is 18.5 Å². The van der Waals surface area contributed by atoms with Crippen molar-refractivity contribution in [3.05, 3.63) is 95.9 Å². The van der Waals surface area contributed by atoms with E-state index in [1.54, 1.807) is 27.4 Å². The number of hydrogen-bond donors (Lipinski definition) is 3. The van der Waals surface area contributed by atoms with Crippen LogP contribution in [0.2, 0.25) is 0 Å². The number of carbonyl (C=O) groups is 1. The zero-order valence-corrected chi connectivity index (χ0v) is 21.9. The Morgan fingerprint density at radius 2 is 1.95 bits per heavy atom. The van der Waals surface area contributed by atoms with Crippen LogP contribution in [0.1, 0.15) is 35.3 Å². The van der Waals surface area contributed by atoms with Crippen molar-refractivity contribution in [2.45, 2.75) is 32.2 Å². The molecule has 5 aromatic rings. The lowest BCUT2D eigenvalue weighted by molar-refractivity contribution is -0.00177. The molecule has 0 fully saturated rings. The molecule has 4 aromatic heterocycles. The van der Waals surface area contributed by atoms with Crippen molar-refractivity contribution in [3.8, 4) is 17.5 Å². The summed E-state index contributed by atoms with van der Waals surface area (Å²) in [5.41, 5.74) is 2.36. The van der Waals surface area contributed by atoms with E-state index in [4.69, 9.17) is 0 Å². The summed E-state index contributed by atoms with van der Waals surface area (Å²) in [5, 5.41) is 33.8. The molecule has 0 aliphatic heterocycles.